The van der Waals surface area contributed by atoms with Gasteiger partial charge in [-0.05, 0) is 24.6 Å². The fourth-order valence-corrected chi connectivity index (χ4v) is 2.52. The molecule has 1 aromatic heterocycles. The molecule has 2 aromatic rings. The van der Waals surface area contributed by atoms with Crippen molar-refractivity contribution in [2.24, 2.45) is 7.05 Å². The lowest BCUT2D eigenvalue weighted by molar-refractivity contribution is 0.0850. The van der Waals surface area contributed by atoms with Gasteiger partial charge in [-0.15, -0.1) is 0 Å². The van der Waals surface area contributed by atoms with Crippen molar-refractivity contribution in [2.45, 2.75) is 45.3 Å². The maximum absolute atomic E-state index is 13.0. The third-order valence-electron chi connectivity index (χ3n) is 3.83. The van der Waals surface area contributed by atoms with Crippen LogP contribution in [-0.4, -0.2) is 26.8 Å². The molecule has 1 aromatic carbocycles. The maximum atomic E-state index is 13.0. The van der Waals surface area contributed by atoms with Gasteiger partial charge < -0.3 is 10.4 Å². The molecule has 2 unspecified atom stereocenters. The Morgan fingerprint density at radius 2 is 1.88 bits per heavy atom. The van der Waals surface area contributed by atoms with E-state index in [1.54, 1.807) is 24.9 Å². The molecule has 1 amide bonds. The summed E-state index contributed by atoms with van der Waals surface area (Å²) >= 11 is 0. The SMILES string of the molecule is CC(NC(=O)c1cn(C)nc1C(C)(C)C)C(O)c1ccc(F)cc1. The summed E-state index contributed by atoms with van der Waals surface area (Å²) < 4.78 is 14.6. The summed E-state index contributed by atoms with van der Waals surface area (Å²) in [6.45, 7) is 7.67. The number of halogens is 1. The molecule has 24 heavy (non-hydrogen) atoms. The lowest BCUT2D eigenvalue weighted by Crippen LogP contribution is -2.37. The highest BCUT2D eigenvalue weighted by Gasteiger charge is 2.27. The first-order valence-corrected chi connectivity index (χ1v) is 7.88. The number of aliphatic hydroxyl groups excluding tert-OH is 1. The number of hydrogen-bond acceptors (Lipinski definition) is 3. The van der Waals surface area contributed by atoms with Crippen LogP contribution in [0.15, 0.2) is 30.5 Å². The van der Waals surface area contributed by atoms with Gasteiger partial charge in [0, 0.05) is 18.7 Å². The molecule has 0 aliphatic heterocycles. The van der Waals surface area contributed by atoms with Crippen LogP contribution >= 0.6 is 0 Å². The van der Waals surface area contributed by atoms with Crippen molar-refractivity contribution in [2.75, 3.05) is 0 Å². The van der Waals surface area contributed by atoms with Gasteiger partial charge in [0.15, 0.2) is 0 Å². The average molecular weight is 333 g/mol. The quantitative estimate of drug-likeness (QED) is 0.904. The van der Waals surface area contributed by atoms with Crippen molar-refractivity contribution in [1.82, 2.24) is 15.1 Å². The Kier molecular flexibility index (Phi) is 5.08. The smallest absolute Gasteiger partial charge is 0.255 e. The molecular weight excluding hydrogens is 309 g/mol. The van der Waals surface area contributed by atoms with Gasteiger partial charge in [0.05, 0.1) is 23.4 Å². The predicted molar refractivity (Wildman–Crippen MR) is 90.2 cm³/mol. The van der Waals surface area contributed by atoms with E-state index in [1.165, 1.54) is 24.3 Å². The number of aromatic nitrogens is 2. The molecule has 2 atom stereocenters. The van der Waals surface area contributed by atoms with Gasteiger partial charge in [-0.3, -0.25) is 9.48 Å². The van der Waals surface area contributed by atoms with Crippen LogP contribution in [0.5, 0.6) is 0 Å². The zero-order valence-electron chi connectivity index (χ0n) is 14.7. The van der Waals surface area contributed by atoms with Gasteiger partial charge >= 0.3 is 0 Å². The fraction of sp³-hybridized carbons (Fsp3) is 0.444. The summed E-state index contributed by atoms with van der Waals surface area (Å²) in [7, 11) is 1.77. The van der Waals surface area contributed by atoms with E-state index in [-0.39, 0.29) is 17.1 Å². The lowest BCUT2D eigenvalue weighted by Gasteiger charge is -2.22. The number of benzene rings is 1. The number of aryl methyl sites for hydroxylation is 1. The zero-order chi connectivity index (χ0) is 18.1. The van der Waals surface area contributed by atoms with Crippen molar-refractivity contribution < 1.29 is 14.3 Å². The van der Waals surface area contributed by atoms with E-state index < -0.39 is 12.1 Å². The van der Waals surface area contributed by atoms with Crippen LogP contribution in [-0.2, 0) is 12.5 Å². The molecule has 130 valence electrons. The molecule has 1 heterocycles. The second-order valence-electron chi connectivity index (χ2n) is 7.07. The summed E-state index contributed by atoms with van der Waals surface area (Å²) in [5, 5.41) is 17.5. The summed E-state index contributed by atoms with van der Waals surface area (Å²) in [4.78, 5) is 12.6. The van der Waals surface area contributed by atoms with Crippen molar-refractivity contribution in [3.8, 4) is 0 Å². The van der Waals surface area contributed by atoms with E-state index in [2.05, 4.69) is 10.4 Å². The van der Waals surface area contributed by atoms with Gasteiger partial charge in [0.1, 0.15) is 5.82 Å². The first kappa shape index (κ1) is 18.1. The molecule has 0 aliphatic rings. The van der Waals surface area contributed by atoms with Crippen LogP contribution in [0.4, 0.5) is 4.39 Å². The number of aliphatic hydroxyl groups is 1. The fourth-order valence-electron chi connectivity index (χ4n) is 2.52. The average Bonchev–Trinajstić information content (AvgIpc) is 2.89. The minimum Gasteiger partial charge on any atom is -0.386 e. The molecule has 2 rings (SSSR count). The van der Waals surface area contributed by atoms with Crippen molar-refractivity contribution >= 4 is 5.91 Å². The Balaban J connectivity index is 2.16. The highest BCUT2D eigenvalue weighted by molar-refractivity contribution is 5.95. The Bertz CT molecular complexity index is 717. The summed E-state index contributed by atoms with van der Waals surface area (Å²) in [6.07, 6.45) is 0.747. The number of carbonyl (C=O) groups excluding carboxylic acids is 1. The summed E-state index contributed by atoms with van der Waals surface area (Å²) in [5.41, 5.74) is 1.47. The first-order chi connectivity index (χ1) is 11.1. The minimum absolute atomic E-state index is 0.271. The number of nitrogens with zero attached hydrogens (tertiary/aromatic N) is 2. The largest absolute Gasteiger partial charge is 0.386 e. The van der Waals surface area contributed by atoms with E-state index in [0.29, 0.717) is 16.8 Å². The second kappa shape index (κ2) is 6.73. The van der Waals surface area contributed by atoms with Gasteiger partial charge in [0.2, 0.25) is 0 Å². The number of nitrogens with one attached hydrogen (secondary N) is 1. The van der Waals surface area contributed by atoms with E-state index in [9.17, 15) is 14.3 Å². The molecule has 0 spiro atoms. The number of hydrogen-bond donors (Lipinski definition) is 2. The molecule has 5 nitrogen and oxygen atoms in total. The van der Waals surface area contributed by atoms with Crippen LogP contribution in [0, 0.1) is 5.82 Å². The monoisotopic (exact) mass is 333 g/mol. The maximum Gasteiger partial charge on any atom is 0.255 e. The molecule has 0 fully saturated rings. The number of rotatable bonds is 4. The molecular formula is C18H24FN3O2. The van der Waals surface area contributed by atoms with Crippen molar-refractivity contribution in [3.05, 3.63) is 53.1 Å². The van der Waals surface area contributed by atoms with Gasteiger partial charge in [0.25, 0.3) is 5.91 Å². The molecule has 0 saturated heterocycles. The normalized spacial score (nSPS) is 14.3. The van der Waals surface area contributed by atoms with Gasteiger partial charge in [-0.25, -0.2) is 4.39 Å². The lowest BCUT2D eigenvalue weighted by atomic mass is 9.89. The Morgan fingerprint density at radius 1 is 1.29 bits per heavy atom. The summed E-state index contributed by atoms with van der Waals surface area (Å²) in [5.74, 6) is -0.658. The van der Waals surface area contributed by atoms with Gasteiger partial charge in [-0.2, -0.15) is 5.10 Å². The third-order valence-corrected chi connectivity index (χ3v) is 3.83. The van der Waals surface area contributed by atoms with E-state index in [4.69, 9.17) is 0 Å². The highest BCUT2D eigenvalue weighted by Crippen LogP contribution is 2.24. The van der Waals surface area contributed by atoms with Gasteiger partial charge in [-0.1, -0.05) is 32.9 Å². The zero-order valence-corrected chi connectivity index (χ0v) is 14.7. The third kappa shape index (κ3) is 4.00. The number of carbonyl (C=O) groups is 1. The molecule has 0 radical (unpaired) electrons. The molecule has 0 aliphatic carbocycles. The highest BCUT2D eigenvalue weighted by atomic mass is 19.1. The van der Waals surface area contributed by atoms with E-state index in [0.717, 1.165) is 0 Å². The van der Waals surface area contributed by atoms with Crippen LogP contribution < -0.4 is 5.32 Å². The minimum atomic E-state index is -0.927. The molecule has 0 bridgehead atoms. The van der Waals surface area contributed by atoms with E-state index in [1.807, 2.05) is 20.8 Å². The number of amides is 1. The summed E-state index contributed by atoms with van der Waals surface area (Å²) in [6, 6.07) is 5.05. The molecule has 6 heteroatoms. The van der Waals surface area contributed by atoms with Crippen LogP contribution in [0.25, 0.3) is 0 Å². The van der Waals surface area contributed by atoms with Crippen LogP contribution in [0.2, 0.25) is 0 Å². The Labute approximate surface area is 141 Å². The molecule has 2 N–H and O–H groups in total. The predicted octanol–water partition coefficient (Wildman–Crippen LogP) is 2.71. The standard InChI is InChI=1S/C18H24FN3O2/c1-11(15(23)12-6-8-13(19)9-7-12)20-17(24)14-10-22(5)21-16(14)18(2,3)4/h6-11,15,23H,1-5H3,(H,20,24). The van der Waals surface area contributed by atoms with Crippen LogP contribution in [0.3, 0.4) is 0 Å². The second-order valence-corrected chi connectivity index (χ2v) is 7.07. The van der Waals surface area contributed by atoms with Crippen molar-refractivity contribution in [3.63, 3.8) is 0 Å². The Hall–Kier alpha value is -2.21. The van der Waals surface area contributed by atoms with Crippen LogP contribution in [0.1, 0.15) is 55.4 Å². The topological polar surface area (TPSA) is 67.2 Å². The van der Waals surface area contributed by atoms with Crippen molar-refractivity contribution in [1.29, 1.82) is 0 Å². The molecule has 0 saturated carbocycles. The van der Waals surface area contributed by atoms with E-state index >= 15 is 0 Å². The Morgan fingerprint density at radius 3 is 2.42 bits per heavy atom. The first-order valence-electron chi connectivity index (χ1n) is 7.88.